The minimum absolute atomic E-state index is 0.482. The summed E-state index contributed by atoms with van der Waals surface area (Å²) in [7, 11) is 2.18. The summed E-state index contributed by atoms with van der Waals surface area (Å²) >= 11 is 0. The van der Waals surface area contributed by atoms with Gasteiger partial charge in [-0.15, -0.1) is 0 Å². The van der Waals surface area contributed by atoms with Crippen LogP contribution >= 0.6 is 0 Å². The van der Waals surface area contributed by atoms with E-state index in [2.05, 4.69) is 34.5 Å². The second-order valence-corrected chi connectivity index (χ2v) is 5.78. The highest BCUT2D eigenvalue weighted by Gasteiger charge is 2.18. The van der Waals surface area contributed by atoms with E-state index in [1.165, 1.54) is 0 Å². The van der Waals surface area contributed by atoms with Crippen LogP contribution in [-0.2, 0) is 0 Å². The van der Waals surface area contributed by atoms with Crippen LogP contribution in [0.1, 0.15) is 26.2 Å². The van der Waals surface area contributed by atoms with Gasteiger partial charge in [-0.3, -0.25) is 0 Å². The van der Waals surface area contributed by atoms with Crippen molar-refractivity contribution in [2.75, 3.05) is 37.3 Å². The van der Waals surface area contributed by atoms with Gasteiger partial charge in [-0.05, 0) is 39.4 Å². The standard InChI is InChI=1S/C15H24N6/c1-3-6-16-13-11-21-10-7-17-15(21)14(19-13)18-12-4-8-20(2)9-5-12/h7,10-12,16H,3-6,8-9H2,1-2H3,(H,18,19). The van der Waals surface area contributed by atoms with Crippen molar-refractivity contribution < 1.29 is 0 Å². The molecule has 2 aromatic rings. The molecule has 3 rings (SSSR count). The minimum Gasteiger partial charge on any atom is -0.369 e. The molecule has 0 atom stereocenters. The van der Waals surface area contributed by atoms with Gasteiger partial charge in [0.2, 0.25) is 0 Å². The monoisotopic (exact) mass is 288 g/mol. The van der Waals surface area contributed by atoms with Gasteiger partial charge in [0, 0.05) is 25.0 Å². The third-order valence-electron chi connectivity index (χ3n) is 3.99. The van der Waals surface area contributed by atoms with Crippen LogP contribution in [0, 0.1) is 0 Å². The van der Waals surface area contributed by atoms with Crippen molar-refractivity contribution in [3.8, 4) is 0 Å². The third kappa shape index (κ3) is 3.26. The average Bonchev–Trinajstić information content (AvgIpc) is 2.96. The summed E-state index contributed by atoms with van der Waals surface area (Å²) in [6.07, 6.45) is 9.17. The van der Waals surface area contributed by atoms with Crippen LogP contribution in [0.2, 0.25) is 0 Å². The smallest absolute Gasteiger partial charge is 0.180 e. The summed E-state index contributed by atoms with van der Waals surface area (Å²) in [4.78, 5) is 11.5. The molecule has 1 aliphatic rings. The Morgan fingerprint density at radius 1 is 1.33 bits per heavy atom. The zero-order chi connectivity index (χ0) is 14.7. The maximum absolute atomic E-state index is 4.70. The van der Waals surface area contributed by atoms with Crippen LogP contribution in [0.4, 0.5) is 11.6 Å². The zero-order valence-electron chi connectivity index (χ0n) is 12.8. The van der Waals surface area contributed by atoms with Crippen molar-refractivity contribution in [1.82, 2.24) is 19.3 Å². The second-order valence-electron chi connectivity index (χ2n) is 5.78. The first-order chi connectivity index (χ1) is 10.3. The lowest BCUT2D eigenvalue weighted by molar-refractivity contribution is 0.263. The summed E-state index contributed by atoms with van der Waals surface area (Å²) in [5.41, 5.74) is 0.899. The second kappa shape index (κ2) is 6.30. The Kier molecular flexibility index (Phi) is 4.24. The number of nitrogens with zero attached hydrogens (tertiary/aromatic N) is 4. The summed E-state index contributed by atoms with van der Waals surface area (Å²) < 4.78 is 2.03. The quantitative estimate of drug-likeness (QED) is 0.882. The molecule has 6 nitrogen and oxygen atoms in total. The Morgan fingerprint density at radius 2 is 2.14 bits per heavy atom. The molecule has 0 saturated carbocycles. The molecule has 0 unspecified atom stereocenters. The van der Waals surface area contributed by atoms with Crippen molar-refractivity contribution in [2.45, 2.75) is 32.2 Å². The number of hydrogen-bond acceptors (Lipinski definition) is 5. The summed E-state index contributed by atoms with van der Waals surface area (Å²) in [6, 6.07) is 0.482. The van der Waals surface area contributed by atoms with Gasteiger partial charge in [0.05, 0.1) is 6.20 Å². The van der Waals surface area contributed by atoms with Crippen LogP contribution in [0.25, 0.3) is 5.65 Å². The molecule has 3 heterocycles. The molecule has 0 amide bonds. The Labute approximate surface area is 125 Å². The fourth-order valence-corrected chi connectivity index (χ4v) is 2.71. The predicted octanol–water partition coefficient (Wildman–Crippen LogP) is 2.06. The molecule has 1 fully saturated rings. The van der Waals surface area contributed by atoms with Gasteiger partial charge in [0.1, 0.15) is 5.82 Å². The molecule has 21 heavy (non-hydrogen) atoms. The van der Waals surface area contributed by atoms with Gasteiger partial charge in [-0.1, -0.05) is 6.92 Å². The SMILES string of the molecule is CCCNc1cn2ccnc2c(NC2CCN(C)CC2)n1. The first-order valence-corrected chi connectivity index (χ1v) is 7.79. The zero-order valence-corrected chi connectivity index (χ0v) is 12.8. The summed E-state index contributed by atoms with van der Waals surface area (Å²) in [5, 5.41) is 6.94. The van der Waals surface area contributed by atoms with Crippen molar-refractivity contribution in [3.63, 3.8) is 0 Å². The molecule has 114 valence electrons. The molecule has 0 aromatic carbocycles. The topological polar surface area (TPSA) is 57.5 Å². The third-order valence-corrected chi connectivity index (χ3v) is 3.99. The number of anilines is 2. The maximum atomic E-state index is 4.70. The van der Waals surface area contributed by atoms with Crippen molar-refractivity contribution >= 4 is 17.3 Å². The number of fused-ring (bicyclic) bond motifs is 1. The summed E-state index contributed by atoms with van der Waals surface area (Å²) in [5.74, 6) is 1.79. The number of aromatic nitrogens is 3. The van der Waals surface area contributed by atoms with Crippen LogP contribution in [0.5, 0.6) is 0 Å². The van der Waals surface area contributed by atoms with Gasteiger partial charge in [-0.2, -0.15) is 0 Å². The van der Waals surface area contributed by atoms with E-state index in [4.69, 9.17) is 4.98 Å². The number of rotatable bonds is 5. The molecule has 2 N–H and O–H groups in total. The molecular weight excluding hydrogens is 264 g/mol. The van der Waals surface area contributed by atoms with Gasteiger partial charge in [-0.25, -0.2) is 9.97 Å². The van der Waals surface area contributed by atoms with Gasteiger partial charge in [0.25, 0.3) is 0 Å². The molecule has 0 radical (unpaired) electrons. The Hall–Kier alpha value is -1.82. The Morgan fingerprint density at radius 3 is 2.90 bits per heavy atom. The molecule has 0 spiro atoms. The van der Waals surface area contributed by atoms with E-state index in [-0.39, 0.29) is 0 Å². The fourth-order valence-electron chi connectivity index (χ4n) is 2.71. The first kappa shape index (κ1) is 14.1. The normalized spacial score (nSPS) is 17.2. The van der Waals surface area contributed by atoms with E-state index in [0.717, 1.165) is 56.2 Å². The highest BCUT2D eigenvalue weighted by Crippen LogP contribution is 2.20. The average molecular weight is 288 g/mol. The van der Waals surface area contributed by atoms with E-state index in [9.17, 15) is 0 Å². The Balaban J connectivity index is 1.80. The molecule has 1 aliphatic heterocycles. The van der Waals surface area contributed by atoms with Crippen LogP contribution in [0.3, 0.4) is 0 Å². The van der Waals surface area contributed by atoms with E-state index < -0.39 is 0 Å². The number of hydrogen-bond donors (Lipinski definition) is 2. The first-order valence-electron chi connectivity index (χ1n) is 7.79. The maximum Gasteiger partial charge on any atom is 0.180 e. The van der Waals surface area contributed by atoms with Gasteiger partial charge >= 0.3 is 0 Å². The van der Waals surface area contributed by atoms with E-state index >= 15 is 0 Å². The van der Waals surface area contributed by atoms with E-state index in [0.29, 0.717) is 6.04 Å². The highest BCUT2D eigenvalue weighted by atomic mass is 15.2. The molecule has 2 aromatic heterocycles. The fraction of sp³-hybridized carbons (Fsp3) is 0.600. The predicted molar refractivity (Wildman–Crippen MR) is 85.9 cm³/mol. The highest BCUT2D eigenvalue weighted by molar-refractivity contribution is 5.65. The Bertz CT molecular complexity index is 585. The largest absolute Gasteiger partial charge is 0.369 e. The van der Waals surface area contributed by atoms with Crippen LogP contribution < -0.4 is 10.6 Å². The number of nitrogens with one attached hydrogen (secondary N) is 2. The summed E-state index contributed by atoms with van der Waals surface area (Å²) in [6.45, 7) is 5.35. The van der Waals surface area contributed by atoms with Crippen molar-refractivity contribution in [1.29, 1.82) is 0 Å². The lowest BCUT2D eigenvalue weighted by Crippen LogP contribution is -2.37. The van der Waals surface area contributed by atoms with Crippen molar-refractivity contribution in [2.24, 2.45) is 0 Å². The lowest BCUT2D eigenvalue weighted by Gasteiger charge is -2.29. The van der Waals surface area contributed by atoms with Crippen molar-refractivity contribution in [3.05, 3.63) is 18.6 Å². The number of likely N-dealkylation sites (tertiary alicyclic amines) is 1. The van der Waals surface area contributed by atoms with Crippen LogP contribution in [-0.4, -0.2) is 52.0 Å². The van der Waals surface area contributed by atoms with Gasteiger partial charge in [0.15, 0.2) is 11.5 Å². The van der Waals surface area contributed by atoms with E-state index in [1.54, 1.807) is 0 Å². The van der Waals surface area contributed by atoms with E-state index in [1.807, 2.05) is 23.0 Å². The lowest BCUT2D eigenvalue weighted by atomic mass is 10.1. The number of imidazole rings is 1. The number of piperidine rings is 1. The minimum atomic E-state index is 0.482. The molecular formula is C15H24N6. The van der Waals surface area contributed by atoms with Crippen LogP contribution in [0.15, 0.2) is 18.6 Å². The molecule has 0 aliphatic carbocycles. The molecule has 1 saturated heterocycles. The van der Waals surface area contributed by atoms with Gasteiger partial charge < -0.3 is 19.9 Å². The molecule has 0 bridgehead atoms. The molecule has 6 heteroatoms.